The second kappa shape index (κ2) is 41.5. The molecule has 0 N–H and O–H groups in total. The Labute approximate surface area is 531 Å². The molecule has 0 aromatic heterocycles. The fourth-order valence-corrected chi connectivity index (χ4v) is 15.3. The summed E-state index contributed by atoms with van der Waals surface area (Å²) in [6.07, 6.45) is 0. The zero-order chi connectivity index (χ0) is 50.4. The molecule has 24 heteroatoms. The van der Waals surface area contributed by atoms with Gasteiger partial charge >= 0.3 is 0 Å². The highest BCUT2D eigenvalue weighted by Gasteiger charge is 2.23. The molecule has 0 saturated heterocycles. The molecule has 0 bridgehead atoms. The van der Waals surface area contributed by atoms with E-state index >= 15 is 0 Å². The smallest absolute Gasteiger partial charge is 0.155 e. The zero-order valence-corrected chi connectivity index (χ0v) is 60.4. The molecule has 0 radical (unpaired) electrons. The molecular formula is C42H60Cl3F9I9N3. The first-order valence-electron chi connectivity index (χ1n) is 20.2. The van der Waals surface area contributed by atoms with Crippen LogP contribution in [-0.4, -0.2) is 92.0 Å². The third kappa shape index (κ3) is 24.6. The van der Waals surface area contributed by atoms with Gasteiger partial charge in [-0.05, 0) is 286 Å². The van der Waals surface area contributed by atoms with Gasteiger partial charge in [0.25, 0.3) is 0 Å². The third-order valence-corrected chi connectivity index (χ3v) is 20.0. The lowest BCUT2D eigenvalue weighted by Crippen LogP contribution is -3.00. The van der Waals surface area contributed by atoms with E-state index in [-0.39, 0.29) is 69.4 Å². The predicted octanol–water partition coefficient (Wildman–Crippen LogP) is 8.41. The number of rotatable bonds is 12. The molecule has 0 saturated carbocycles. The minimum Gasteiger partial charge on any atom is -1.00 e. The monoisotopic (exact) mass is 2020 g/mol. The van der Waals surface area contributed by atoms with Crippen LogP contribution in [0.2, 0.25) is 0 Å². The van der Waals surface area contributed by atoms with Gasteiger partial charge in [0.1, 0.15) is 0 Å². The van der Waals surface area contributed by atoms with Gasteiger partial charge < -0.3 is 50.7 Å². The minimum absolute atomic E-state index is 0. The lowest BCUT2D eigenvalue weighted by molar-refractivity contribution is -0.921. The number of hydrogen-bond acceptors (Lipinski definition) is 0. The summed E-state index contributed by atoms with van der Waals surface area (Å²) in [5.74, 6) is -7.44. The van der Waals surface area contributed by atoms with Crippen molar-refractivity contribution < 1.29 is 90.2 Å². The average Bonchev–Trinajstić information content (AvgIpc) is 3.32. The van der Waals surface area contributed by atoms with E-state index in [1.165, 1.54) is 295 Å². The van der Waals surface area contributed by atoms with Crippen molar-refractivity contribution >= 4 is 203 Å². The fraction of sp³-hybridized carbons (Fsp3) is 0.571. The Kier molecular flexibility index (Phi) is 51.4. The van der Waals surface area contributed by atoms with Gasteiger partial charge in [0, 0.05) is 0 Å². The molecular weight excluding hydrogens is 1970 g/mol. The number of nitrogens with zero attached hydrogens (tertiary/aromatic N) is 3. The molecule has 390 valence electrons. The minimum atomic E-state index is -0.827. The van der Waals surface area contributed by atoms with Gasteiger partial charge in [-0.25, -0.2) is 39.5 Å². The second-order valence-corrected chi connectivity index (χ2v) is 23.2. The molecule has 0 aliphatic rings. The van der Waals surface area contributed by atoms with Crippen LogP contribution in [0.15, 0.2) is 0 Å². The Bertz CT molecular complexity index is 1290. The summed E-state index contributed by atoms with van der Waals surface area (Å²) in [5.41, 5.74) is 0. The van der Waals surface area contributed by atoms with Gasteiger partial charge in [-0.2, -0.15) is 0 Å². The number of benzene rings is 3. The van der Waals surface area contributed by atoms with Gasteiger partial charge in [0.05, 0.1) is 111 Å². The van der Waals surface area contributed by atoms with Crippen LogP contribution in [0.3, 0.4) is 0 Å². The Morgan fingerprint density at radius 1 is 0.212 bits per heavy atom. The first-order valence-corrected chi connectivity index (χ1v) is 29.9. The molecule has 0 spiro atoms. The molecule has 0 amide bonds. The molecule has 0 heterocycles. The predicted molar refractivity (Wildman–Crippen MR) is 321 cm³/mol. The van der Waals surface area contributed by atoms with Crippen LogP contribution >= 0.6 is 203 Å². The second-order valence-electron chi connectivity index (χ2n) is 13.5. The van der Waals surface area contributed by atoms with Crippen molar-refractivity contribution in [2.75, 3.05) is 78.5 Å². The van der Waals surface area contributed by atoms with Crippen molar-refractivity contribution in [2.24, 2.45) is 0 Å². The van der Waals surface area contributed by atoms with Crippen molar-refractivity contribution in [3.63, 3.8) is 0 Å². The Morgan fingerprint density at radius 3 is 0.303 bits per heavy atom. The van der Waals surface area contributed by atoms with Crippen LogP contribution < -0.4 is 37.2 Å². The summed E-state index contributed by atoms with van der Waals surface area (Å²) in [6, 6.07) is 0. The van der Waals surface area contributed by atoms with E-state index in [1.807, 2.05) is 0 Å². The van der Waals surface area contributed by atoms with Gasteiger partial charge in [-0.15, -0.1) is 0 Å². The van der Waals surface area contributed by atoms with Crippen molar-refractivity contribution in [3.05, 3.63) is 84.5 Å². The van der Waals surface area contributed by atoms with Gasteiger partial charge in [0.15, 0.2) is 52.4 Å². The summed E-state index contributed by atoms with van der Waals surface area (Å²) in [4.78, 5) is 0. The van der Waals surface area contributed by atoms with E-state index in [2.05, 4.69) is 83.1 Å². The van der Waals surface area contributed by atoms with E-state index in [0.717, 1.165) is 0 Å². The molecule has 66 heavy (non-hydrogen) atoms. The SMILES string of the molecule is CC[N+](CC)(CC)CC.CC[N+](CC)(CC)CC.CC[N+](CC)(CC)CC.Fc1c(I)c(F)c(I)c(F)c1I.Fc1c(I)c(F)c(I)c(F)c1I.Fc1c(I)c(F)c(I)c(F)c1I.[Cl-].[Cl-].[Cl-]. The van der Waals surface area contributed by atoms with Crippen molar-refractivity contribution in [3.8, 4) is 0 Å². The highest BCUT2D eigenvalue weighted by atomic mass is 127. The normalized spacial score (nSPS) is 10.6. The summed E-state index contributed by atoms with van der Waals surface area (Å²) in [7, 11) is 0. The lowest BCUT2D eigenvalue weighted by atomic mass is 10.3. The Hall–Kier alpha value is 4.35. The third-order valence-electron chi connectivity index (χ3n) is 11.5. The van der Waals surface area contributed by atoms with Crippen LogP contribution in [0.5, 0.6) is 0 Å². The van der Waals surface area contributed by atoms with Crippen molar-refractivity contribution in [1.29, 1.82) is 0 Å². The standard InChI is InChI=1S/3C8H20N.3C6F3I3.3ClH/c3*1-5-9(6-2,7-3)8-4;3*7-1-4(10)2(8)6(12)3(9)5(1)11;;;/h3*5-8H2,1-4H3;;;;3*1H/q3*+1;;;;;;/p-3. The van der Waals surface area contributed by atoms with Crippen LogP contribution in [-0.2, 0) is 0 Å². The van der Waals surface area contributed by atoms with Crippen LogP contribution in [0.4, 0.5) is 39.5 Å². The highest BCUT2D eigenvalue weighted by molar-refractivity contribution is 14.1. The fourth-order valence-electron chi connectivity index (χ4n) is 5.76. The van der Waals surface area contributed by atoms with Gasteiger partial charge in [-0.3, -0.25) is 0 Å². The molecule has 3 nitrogen and oxygen atoms in total. The van der Waals surface area contributed by atoms with E-state index in [0.29, 0.717) is 0 Å². The topological polar surface area (TPSA) is 0 Å². The molecule has 3 rings (SSSR count). The number of hydrogen-bond donors (Lipinski definition) is 0. The summed E-state index contributed by atoms with van der Waals surface area (Å²) in [6.45, 7) is 42.7. The van der Waals surface area contributed by atoms with Gasteiger partial charge in [0.2, 0.25) is 0 Å². The molecule has 3 aromatic rings. The first-order chi connectivity index (χ1) is 29.1. The molecule has 3 aromatic carbocycles. The highest BCUT2D eigenvalue weighted by Crippen LogP contribution is 2.30. The van der Waals surface area contributed by atoms with E-state index in [1.54, 1.807) is 0 Å². The van der Waals surface area contributed by atoms with Gasteiger partial charge in [-0.1, -0.05) is 0 Å². The molecule has 0 atom stereocenters. The molecule has 0 aliphatic heterocycles. The van der Waals surface area contributed by atoms with E-state index in [9.17, 15) is 39.5 Å². The lowest BCUT2D eigenvalue weighted by Gasteiger charge is -2.34. The average molecular weight is 2030 g/mol. The largest absolute Gasteiger partial charge is 1.00 e. The number of halogens is 21. The summed E-state index contributed by atoms with van der Waals surface area (Å²) in [5, 5.41) is 0. The summed E-state index contributed by atoms with van der Waals surface area (Å²) < 4.78 is 119. The van der Waals surface area contributed by atoms with Crippen molar-refractivity contribution in [2.45, 2.75) is 83.1 Å². The maximum atomic E-state index is 12.9. The quantitative estimate of drug-likeness (QED) is 0.0563. The van der Waals surface area contributed by atoms with Crippen molar-refractivity contribution in [1.82, 2.24) is 0 Å². The summed E-state index contributed by atoms with van der Waals surface area (Å²) >= 11 is 13.6. The van der Waals surface area contributed by atoms with E-state index in [4.69, 9.17) is 0 Å². The van der Waals surface area contributed by atoms with Crippen LogP contribution in [0, 0.1) is 84.5 Å². The Balaban J connectivity index is -0.000000163. The number of quaternary nitrogens is 3. The maximum Gasteiger partial charge on any atom is 0.155 e. The van der Waals surface area contributed by atoms with Crippen LogP contribution in [0.25, 0.3) is 0 Å². The maximum absolute atomic E-state index is 12.9. The zero-order valence-electron chi connectivity index (χ0n) is 38.8. The van der Waals surface area contributed by atoms with Crippen LogP contribution in [0.1, 0.15) is 83.1 Å². The molecule has 0 unspecified atom stereocenters. The first kappa shape index (κ1) is 81.7. The molecule has 0 fully saturated rings. The molecule has 0 aliphatic carbocycles. The Morgan fingerprint density at radius 2 is 0.273 bits per heavy atom. The van der Waals surface area contributed by atoms with E-state index < -0.39 is 52.4 Å².